The van der Waals surface area contributed by atoms with E-state index >= 15 is 0 Å². The van der Waals surface area contributed by atoms with Gasteiger partial charge in [0.05, 0.1) is 23.5 Å². The molecule has 3 aliphatic rings. The van der Waals surface area contributed by atoms with Crippen LogP contribution in [0.4, 0.5) is 15.8 Å². The Bertz CT molecular complexity index is 1150. The van der Waals surface area contributed by atoms with Crippen LogP contribution in [0, 0.1) is 5.82 Å². The van der Waals surface area contributed by atoms with E-state index < -0.39 is 0 Å². The number of aryl methyl sites for hydroxylation is 1. The fourth-order valence-corrected chi connectivity index (χ4v) is 6.34. The molecule has 3 aromatic rings. The molecule has 31 heavy (non-hydrogen) atoms. The van der Waals surface area contributed by atoms with Gasteiger partial charge in [-0.3, -0.25) is 13.5 Å². The zero-order chi connectivity index (χ0) is 20.8. The van der Waals surface area contributed by atoms with E-state index in [0.29, 0.717) is 0 Å². The lowest BCUT2D eigenvalue weighted by atomic mass is 9.99. The van der Waals surface area contributed by atoms with Gasteiger partial charge in [0, 0.05) is 55.4 Å². The van der Waals surface area contributed by atoms with E-state index in [0.717, 1.165) is 62.0 Å². The highest BCUT2D eigenvalue weighted by Crippen LogP contribution is 2.48. The summed E-state index contributed by atoms with van der Waals surface area (Å²) in [7, 11) is 0. The Morgan fingerprint density at radius 2 is 2.03 bits per heavy atom. The van der Waals surface area contributed by atoms with Crippen LogP contribution in [0.5, 0.6) is 0 Å². The van der Waals surface area contributed by atoms with Crippen LogP contribution in [0.25, 0.3) is 16.5 Å². The van der Waals surface area contributed by atoms with Crippen molar-refractivity contribution in [3.63, 3.8) is 0 Å². The van der Waals surface area contributed by atoms with E-state index in [4.69, 9.17) is 0 Å². The van der Waals surface area contributed by atoms with Crippen molar-refractivity contribution in [3.05, 3.63) is 65.6 Å². The summed E-state index contributed by atoms with van der Waals surface area (Å²) >= 11 is 1.89. The topological polar surface area (TPSA) is 25.5 Å². The van der Waals surface area contributed by atoms with Crippen molar-refractivity contribution in [2.24, 2.45) is 0 Å². The van der Waals surface area contributed by atoms with Crippen LogP contribution < -0.4 is 8.61 Å². The Kier molecular flexibility index (Phi) is 4.92. The Balaban J connectivity index is 1.07. The summed E-state index contributed by atoms with van der Waals surface area (Å²) in [6.45, 7) is 5.37. The molecular formula is C25H27FN4S. The Morgan fingerprint density at radius 3 is 2.94 bits per heavy atom. The maximum absolute atomic E-state index is 13.7. The summed E-state index contributed by atoms with van der Waals surface area (Å²) in [5.41, 5.74) is 7.85. The second-order valence-electron chi connectivity index (χ2n) is 8.70. The molecule has 0 amide bonds. The lowest BCUT2D eigenvalue weighted by molar-refractivity contribution is 0.300. The summed E-state index contributed by atoms with van der Waals surface area (Å²) in [5, 5.41) is 0.991. The Hall–Kier alpha value is -2.44. The number of aromatic nitrogens is 1. The molecule has 6 rings (SSSR count). The fourth-order valence-electron chi connectivity index (χ4n) is 5.15. The molecule has 160 valence electrons. The molecule has 0 fully saturated rings. The van der Waals surface area contributed by atoms with Crippen molar-refractivity contribution < 1.29 is 4.39 Å². The monoisotopic (exact) mass is 434 g/mol. The number of aromatic amines is 1. The molecule has 0 saturated heterocycles. The minimum absolute atomic E-state index is 0.172. The van der Waals surface area contributed by atoms with E-state index in [1.165, 1.54) is 41.4 Å². The van der Waals surface area contributed by atoms with Gasteiger partial charge in [0.25, 0.3) is 0 Å². The maximum atomic E-state index is 13.7. The molecular weight excluding hydrogens is 407 g/mol. The lowest BCUT2D eigenvalue weighted by Crippen LogP contribution is -2.31. The van der Waals surface area contributed by atoms with Gasteiger partial charge in [0.2, 0.25) is 0 Å². The van der Waals surface area contributed by atoms with Crippen molar-refractivity contribution in [2.45, 2.75) is 25.7 Å². The molecule has 0 aliphatic carbocycles. The number of nitrogens with zero attached hydrogens (tertiary/aromatic N) is 3. The number of H-pyrrole nitrogens is 1. The molecule has 0 unspecified atom stereocenters. The standard InChI is InChI=1S/C25H27FN4S/c26-20-7-8-23-21(16-20)22(17-27-23)18-9-14-28(15-10-18)11-3-13-29-24-6-1-4-19-5-2-12-30(31-29)25(19)24/h1,4,6-9,16-17,27H,2-3,5,10-15H2. The maximum Gasteiger partial charge on any atom is 0.123 e. The fraction of sp³-hybridized carbons (Fsp3) is 0.360. The van der Waals surface area contributed by atoms with Crippen molar-refractivity contribution in [1.29, 1.82) is 0 Å². The molecule has 1 aromatic heterocycles. The molecule has 0 saturated carbocycles. The molecule has 4 heterocycles. The molecule has 0 atom stereocenters. The Labute approximate surface area is 187 Å². The number of anilines is 2. The Morgan fingerprint density at radius 1 is 1.06 bits per heavy atom. The van der Waals surface area contributed by atoms with Gasteiger partial charge in [-0.25, -0.2) is 4.39 Å². The molecule has 2 aromatic carbocycles. The van der Waals surface area contributed by atoms with Crippen LogP contribution in [-0.2, 0) is 6.42 Å². The van der Waals surface area contributed by atoms with E-state index in [1.807, 2.05) is 24.4 Å². The second-order valence-corrected chi connectivity index (χ2v) is 9.74. The third kappa shape index (κ3) is 3.52. The minimum atomic E-state index is -0.172. The van der Waals surface area contributed by atoms with Crippen LogP contribution in [0.2, 0.25) is 0 Å². The van der Waals surface area contributed by atoms with Gasteiger partial charge >= 0.3 is 0 Å². The first-order chi connectivity index (χ1) is 15.3. The number of benzene rings is 2. The number of para-hydroxylation sites is 1. The molecule has 1 N–H and O–H groups in total. The van der Waals surface area contributed by atoms with Crippen molar-refractivity contribution in [2.75, 3.05) is 41.3 Å². The summed E-state index contributed by atoms with van der Waals surface area (Å²) in [4.78, 5) is 5.82. The van der Waals surface area contributed by atoms with Crippen molar-refractivity contribution in [3.8, 4) is 0 Å². The third-order valence-corrected chi connectivity index (χ3v) is 7.88. The predicted octanol–water partition coefficient (Wildman–Crippen LogP) is 5.62. The van der Waals surface area contributed by atoms with Crippen molar-refractivity contribution in [1.82, 2.24) is 9.88 Å². The van der Waals surface area contributed by atoms with Crippen LogP contribution in [-0.4, -0.2) is 42.6 Å². The number of rotatable bonds is 5. The molecule has 0 bridgehead atoms. The molecule has 0 radical (unpaired) electrons. The summed E-state index contributed by atoms with van der Waals surface area (Å²) < 4.78 is 18.7. The predicted molar refractivity (Wildman–Crippen MR) is 129 cm³/mol. The first-order valence-electron chi connectivity index (χ1n) is 11.3. The van der Waals surface area contributed by atoms with Crippen molar-refractivity contribution >= 4 is 40.0 Å². The number of fused-ring (bicyclic) bond motifs is 1. The zero-order valence-corrected chi connectivity index (χ0v) is 18.4. The van der Waals surface area contributed by atoms with E-state index in [1.54, 1.807) is 6.07 Å². The van der Waals surface area contributed by atoms with E-state index in [-0.39, 0.29) is 5.82 Å². The smallest absolute Gasteiger partial charge is 0.123 e. The van der Waals surface area contributed by atoms with Crippen LogP contribution in [0.1, 0.15) is 30.4 Å². The van der Waals surface area contributed by atoms with Gasteiger partial charge in [-0.05, 0) is 61.1 Å². The summed E-state index contributed by atoms with van der Waals surface area (Å²) in [6.07, 6.45) is 8.99. The van der Waals surface area contributed by atoms with E-state index in [9.17, 15) is 4.39 Å². The first-order valence-corrected chi connectivity index (χ1v) is 12.0. The lowest BCUT2D eigenvalue weighted by Gasteiger charge is -2.27. The SMILES string of the molecule is Fc1ccc2[nH]cc(C3=CCN(CCCN4SN5CCCc6cccc4c65)CC3)c2c1. The normalized spacial score (nSPS) is 18.5. The average Bonchev–Trinajstić information content (AvgIpc) is 3.37. The van der Waals surface area contributed by atoms with Gasteiger partial charge < -0.3 is 4.98 Å². The highest BCUT2D eigenvalue weighted by Gasteiger charge is 2.31. The molecule has 4 nitrogen and oxygen atoms in total. The number of nitrogens with one attached hydrogen (secondary N) is 1. The van der Waals surface area contributed by atoms with Gasteiger partial charge in [0.1, 0.15) is 5.82 Å². The number of halogens is 1. The summed E-state index contributed by atoms with van der Waals surface area (Å²) in [5.74, 6) is -0.172. The highest BCUT2D eigenvalue weighted by molar-refractivity contribution is 8.02. The van der Waals surface area contributed by atoms with Crippen LogP contribution in [0.3, 0.4) is 0 Å². The first kappa shape index (κ1) is 19.3. The number of hydrogen-bond acceptors (Lipinski definition) is 4. The van der Waals surface area contributed by atoms with Gasteiger partial charge in [-0.15, -0.1) is 0 Å². The number of hydrogen-bond donors (Lipinski definition) is 1. The molecule has 6 heteroatoms. The van der Waals surface area contributed by atoms with Gasteiger partial charge in [-0.2, -0.15) is 0 Å². The third-order valence-electron chi connectivity index (χ3n) is 6.74. The molecule has 0 spiro atoms. The van der Waals surface area contributed by atoms with Crippen LogP contribution >= 0.6 is 12.1 Å². The average molecular weight is 435 g/mol. The highest BCUT2D eigenvalue weighted by atomic mass is 32.2. The minimum Gasteiger partial charge on any atom is -0.361 e. The van der Waals surface area contributed by atoms with Crippen LogP contribution in [0.15, 0.2) is 48.7 Å². The zero-order valence-electron chi connectivity index (χ0n) is 17.6. The van der Waals surface area contributed by atoms with Gasteiger partial charge in [-0.1, -0.05) is 18.2 Å². The molecule has 3 aliphatic heterocycles. The quantitative estimate of drug-likeness (QED) is 0.527. The summed E-state index contributed by atoms with van der Waals surface area (Å²) in [6, 6.07) is 11.8. The largest absolute Gasteiger partial charge is 0.361 e. The van der Waals surface area contributed by atoms with Gasteiger partial charge in [0.15, 0.2) is 0 Å². The second kappa shape index (κ2) is 7.92. The van der Waals surface area contributed by atoms with E-state index in [2.05, 4.69) is 42.8 Å².